The average molecular weight is 549 g/mol. The van der Waals surface area contributed by atoms with Gasteiger partial charge in [0.05, 0.1) is 13.0 Å². The third-order valence-corrected chi connectivity index (χ3v) is 8.70. The summed E-state index contributed by atoms with van der Waals surface area (Å²) in [6, 6.07) is 7.14. The highest BCUT2D eigenvalue weighted by Gasteiger charge is 2.30. The van der Waals surface area contributed by atoms with Crippen molar-refractivity contribution in [3.8, 4) is 11.1 Å². The van der Waals surface area contributed by atoms with Crippen molar-refractivity contribution in [1.29, 1.82) is 0 Å². The molecular formula is C30H40N6O4. The van der Waals surface area contributed by atoms with Gasteiger partial charge in [-0.3, -0.25) is 30.1 Å². The lowest BCUT2D eigenvalue weighted by Crippen LogP contribution is -2.48. The molecule has 0 unspecified atom stereocenters. The zero-order valence-corrected chi connectivity index (χ0v) is 23.3. The second kappa shape index (κ2) is 13.2. The van der Waals surface area contributed by atoms with Crippen LogP contribution in [0.2, 0.25) is 0 Å². The zero-order chi connectivity index (χ0) is 27.9. The molecule has 10 nitrogen and oxygen atoms in total. The predicted molar refractivity (Wildman–Crippen MR) is 151 cm³/mol. The molecule has 214 valence electrons. The van der Waals surface area contributed by atoms with Crippen LogP contribution in [0.15, 0.2) is 36.7 Å². The van der Waals surface area contributed by atoms with Crippen molar-refractivity contribution < 1.29 is 19.1 Å². The monoisotopic (exact) mass is 548 g/mol. The van der Waals surface area contributed by atoms with Gasteiger partial charge < -0.3 is 9.64 Å². The average Bonchev–Trinajstić information content (AvgIpc) is 3.53. The van der Waals surface area contributed by atoms with Crippen molar-refractivity contribution in [1.82, 2.24) is 25.7 Å². The summed E-state index contributed by atoms with van der Waals surface area (Å²) in [7, 11) is 1.38. The van der Waals surface area contributed by atoms with Crippen LogP contribution in [0.5, 0.6) is 0 Å². The van der Waals surface area contributed by atoms with Crippen LogP contribution in [0.4, 0.5) is 5.95 Å². The van der Waals surface area contributed by atoms with Crippen molar-refractivity contribution in [3.05, 3.63) is 42.2 Å². The van der Waals surface area contributed by atoms with Crippen LogP contribution in [0, 0.1) is 17.8 Å². The summed E-state index contributed by atoms with van der Waals surface area (Å²) < 4.78 is 4.79. The van der Waals surface area contributed by atoms with Crippen molar-refractivity contribution >= 4 is 23.7 Å². The van der Waals surface area contributed by atoms with E-state index < -0.39 is 0 Å². The molecule has 1 aliphatic heterocycles. The van der Waals surface area contributed by atoms with Gasteiger partial charge in [0.1, 0.15) is 0 Å². The highest BCUT2D eigenvalue weighted by atomic mass is 16.5. The molecule has 40 heavy (non-hydrogen) atoms. The number of nitrogens with one attached hydrogen (secondary N) is 2. The molecule has 2 amide bonds. The van der Waals surface area contributed by atoms with Gasteiger partial charge in [0, 0.05) is 62.2 Å². The van der Waals surface area contributed by atoms with E-state index >= 15 is 0 Å². The van der Waals surface area contributed by atoms with Gasteiger partial charge in [-0.05, 0) is 62.1 Å². The van der Waals surface area contributed by atoms with E-state index in [1.165, 1.54) is 39.3 Å². The highest BCUT2D eigenvalue weighted by Crippen LogP contribution is 2.30. The van der Waals surface area contributed by atoms with E-state index in [1.807, 2.05) is 24.5 Å². The molecule has 1 aromatic carbocycles. The Morgan fingerprint density at radius 2 is 1.45 bits per heavy atom. The maximum absolute atomic E-state index is 12.6. The van der Waals surface area contributed by atoms with Crippen LogP contribution < -0.4 is 15.8 Å². The Morgan fingerprint density at radius 1 is 0.825 bits per heavy atom. The smallest absolute Gasteiger partial charge is 0.308 e. The SMILES string of the molecule is COC(=O)C1CCC(C(=O)NNC(=O)c2ccc(-c3cnc(N4CCN(CC5CCCC5)CC4)nc3)cc2)CC1. The number of piperazine rings is 1. The molecular weight excluding hydrogens is 508 g/mol. The molecule has 0 atom stereocenters. The molecule has 2 aliphatic carbocycles. The fraction of sp³-hybridized carbons (Fsp3) is 0.567. The van der Waals surface area contributed by atoms with E-state index in [-0.39, 0.29) is 29.6 Å². The van der Waals surface area contributed by atoms with Gasteiger partial charge in [-0.25, -0.2) is 9.97 Å². The third kappa shape index (κ3) is 6.96. The van der Waals surface area contributed by atoms with E-state index in [0.717, 1.165) is 49.2 Å². The molecule has 2 heterocycles. The Hall–Kier alpha value is -3.53. The lowest BCUT2D eigenvalue weighted by Gasteiger charge is -2.35. The number of aromatic nitrogens is 2. The number of esters is 1. The van der Waals surface area contributed by atoms with Crippen molar-refractivity contribution in [3.63, 3.8) is 0 Å². The molecule has 3 fully saturated rings. The number of rotatable bonds is 7. The standard InChI is InChI=1S/C30H40N6O4/c1-40-29(39)25-12-10-24(11-13-25)28(38)34-33-27(37)23-8-6-22(7-9-23)26-18-31-30(32-19-26)36-16-14-35(15-17-36)20-21-4-2-3-5-21/h6-9,18-19,21,24-25H,2-5,10-17,20H2,1H3,(H,33,37)(H,34,38). The lowest BCUT2D eigenvalue weighted by atomic mass is 9.82. The van der Waals surface area contributed by atoms with Gasteiger partial charge in [-0.1, -0.05) is 25.0 Å². The maximum Gasteiger partial charge on any atom is 0.308 e. The number of hydrogen-bond donors (Lipinski definition) is 2. The van der Waals surface area contributed by atoms with Crippen molar-refractivity contribution in [2.75, 3.05) is 44.7 Å². The van der Waals surface area contributed by atoms with E-state index in [4.69, 9.17) is 4.74 Å². The second-order valence-electron chi connectivity index (χ2n) is 11.3. The van der Waals surface area contributed by atoms with Crippen LogP contribution in [-0.4, -0.2) is 72.5 Å². The summed E-state index contributed by atoms with van der Waals surface area (Å²) in [6.45, 7) is 5.24. The lowest BCUT2D eigenvalue weighted by molar-refractivity contribution is -0.147. The van der Waals surface area contributed by atoms with Crippen molar-refractivity contribution in [2.24, 2.45) is 17.8 Å². The minimum absolute atomic E-state index is 0.148. The van der Waals surface area contributed by atoms with Crippen LogP contribution in [0.3, 0.4) is 0 Å². The molecule has 1 aromatic heterocycles. The molecule has 3 aliphatic rings. The summed E-state index contributed by atoms with van der Waals surface area (Å²) >= 11 is 0. The number of carbonyl (C=O) groups is 3. The van der Waals surface area contributed by atoms with Gasteiger partial charge >= 0.3 is 5.97 Å². The topological polar surface area (TPSA) is 117 Å². The Morgan fingerprint density at radius 3 is 2.08 bits per heavy atom. The first kappa shape index (κ1) is 28.0. The maximum atomic E-state index is 12.6. The van der Waals surface area contributed by atoms with E-state index in [0.29, 0.717) is 31.2 Å². The summed E-state index contributed by atoms with van der Waals surface area (Å²) in [5.41, 5.74) is 7.26. The van der Waals surface area contributed by atoms with Crippen LogP contribution >= 0.6 is 0 Å². The number of carbonyl (C=O) groups excluding carboxylic acids is 3. The Kier molecular flexibility index (Phi) is 9.26. The molecule has 10 heteroatoms. The van der Waals surface area contributed by atoms with E-state index in [2.05, 4.69) is 30.6 Å². The minimum Gasteiger partial charge on any atom is -0.469 e. The first-order valence-corrected chi connectivity index (χ1v) is 14.6. The fourth-order valence-corrected chi connectivity index (χ4v) is 6.19. The van der Waals surface area contributed by atoms with Gasteiger partial charge in [-0.2, -0.15) is 0 Å². The summed E-state index contributed by atoms with van der Waals surface area (Å²) in [4.78, 5) is 50.8. The molecule has 1 saturated heterocycles. The van der Waals surface area contributed by atoms with E-state index in [9.17, 15) is 14.4 Å². The molecule has 0 spiro atoms. The number of methoxy groups -OCH3 is 1. The number of hydrogen-bond acceptors (Lipinski definition) is 8. The highest BCUT2D eigenvalue weighted by molar-refractivity contribution is 5.96. The largest absolute Gasteiger partial charge is 0.469 e. The van der Waals surface area contributed by atoms with Crippen LogP contribution in [0.25, 0.3) is 11.1 Å². The number of hydrazine groups is 1. The summed E-state index contributed by atoms with van der Waals surface area (Å²) in [5.74, 6) is 0.417. The quantitative estimate of drug-likeness (QED) is 0.400. The number of amides is 2. The second-order valence-corrected chi connectivity index (χ2v) is 11.3. The van der Waals surface area contributed by atoms with Crippen LogP contribution in [-0.2, 0) is 14.3 Å². The summed E-state index contributed by atoms with van der Waals surface area (Å²) in [6.07, 6.45) is 11.6. The Labute approximate surface area is 235 Å². The fourth-order valence-electron chi connectivity index (χ4n) is 6.19. The summed E-state index contributed by atoms with van der Waals surface area (Å²) in [5, 5.41) is 0. The predicted octanol–water partition coefficient (Wildman–Crippen LogP) is 3.20. The minimum atomic E-state index is -0.387. The molecule has 0 radical (unpaired) electrons. The Bertz CT molecular complexity index is 1150. The van der Waals surface area contributed by atoms with Gasteiger partial charge in [0.25, 0.3) is 5.91 Å². The van der Waals surface area contributed by atoms with Gasteiger partial charge in [-0.15, -0.1) is 0 Å². The number of benzene rings is 1. The van der Waals surface area contributed by atoms with E-state index in [1.54, 1.807) is 12.1 Å². The first-order valence-electron chi connectivity index (χ1n) is 14.6. The normalized spacial score (nSPS) is 22.1. The molecule has 2 N–H and O–H groups in total. The molecule has 2 saturated carbocycles. The Balaban J connectivity index is 1.07. The third-order valence-electron chi connectivity index (χ3n) is 8.70. The number of anilines is 1. The molecule has 2 aromatic rings. The first-order chi connectivity index (χ1) is 19.5. The molecule has 5 rings (SSSR count). The number of ether oxygens (including phenoxy) is 1. The van der Waals surface area contributed by atoms with Gasteiger partial charge in [0.15, 0.2) is 0 Å². The van der Waals surface area contributed by atoms with Crippen LogP contribution in [0.1, 0.15) is 61.7 Å². The molecule has 0 bridgehead atoms. The number of nitrogens with zero attached hydrogens (tertiary/aromatic N) is 4. The van der Waals surface area contributed by atoms with Gasteiger partial charge in [0.2, 0.25) is 11.9 Å². The zero-order valence-electron chi connectivity index (χ0n) is 23.3. The van der Waals surface area contributed by atoms with Crippen molar-refractivity contribution in [2.45, 2.75) is 51.4 Å².